The predicted octanol–water partition coefficient (Wildman–Crippen LogP) is 4.67. The van der Waals surface area contributed by atoms with Gasteiger partial charge in [0.1, 0.15) is 17.2 Å². The Balaban J connectivity index is 1.84. The number of rotatable bonds is 8. The molecule has 2 amide bonds. The molecule has 0 fully saturated rings. The molecule has 3 aromatic rings. The molecule has 0 aliphatic carbocycles. The van der Waals surface area contributed by atoms with Gasteiger partial charge in [-0.25, -0.2) is 0 Å². The van der Waals surface area contributed by atoms with Crippen LogP contribution in [0.5, 0.6) is 11.5 Å². The first-order valence-corrected chi connectivity index (χ1v) is 9.94. The van der Waals surface area contributed by atoms with Gasteiger partial charge in [-0.3, -0.25) is 9.59 Å². The number of nitrogens with one attached hydrogen (secondary N) is 2. The summed E-state index contributed by atoms with van der Waals surface area (Å²) in [6, 6.07) is 23.4. The lowest BCUT2D eigenvalue weighted by molar-refractivity contribution is -0.113. The number of allylic oxidation sites excluding steroid dienone is 2. The van der Waals surface area contributed by atoms with Crippen molar-refractivity contribution in [2.24, 2.45) is 0 Å². The van der Waals surface area contributed by atoms with Crippen LogP contribution in [0.4, 0.5) is 5.69 Å². The molecule has 0 saturated carbocycles. The van der Waals surface area contributed by atoms with Crippen LogP contribution in [-0.2, 0) is 4.79 Å². The van der Waals surface area contributed by atoms with E-state index in [1.165, 1.54) is 7.11 Å². The van der Waals surface area contributed by atoms with Crippen LogP contribution in [0.15, 0.2) is 96.7 Å². The minimum atomic E-state index is -0.462. The lowest BCUT2D eigenvalue weighted by atomic mass is 10.1. The Morgan fingerprint density at radius 2 is 1.50 bits per heavy atom. The molecular weight excluding hydrogens is 404 g/mol. The summed E-state index contributed by atoms with van der Waals surface area (Å²) in [4.78, 5) is 25.8. The van der Waals surface area contributed by atoms with E-state index in [1.54, 1.807) is 67.8 Å². The van der Waals surface area contributed by atoms with Crippen molar-refractivity contribution in [3.8, 4) is 11.5 Å². The van der Waals surface area contributed by atoms with Crippen molar-refractivity contribution in [2.45, 2.75) is 0 Å². The number of anilines is 1. The third-order valence-electron chi connectivity index (χ3n) is 4.54. The van der Waals surface area contributed by atoms with Crippen molar-refractivity contribution in [3.05, 3.63) is 108 Å². The molecule has 3 aromatic carbocycles. The Morgan fingerprint density at radius 1 is 0.812 bits per heavy atom. The quantitative estimate of drug-likeness (QED) is 0.404. The fourth-order valence-electron chi connectivity index (χ4n) is 2.89. The molecule has 0 spiro atoms. The maximum atomic E-state index is 12.9. The fraction of sp³-hybridized carbons (Fsp3) is 0.0769. The largest absolute Gasteiger partial charge is 0.497 e. The van der Waals surface area contributed by atoms with Gasteiger partial charge in [-0.05, 0) is 48.0 Å². The number of para-hydroxylation sites is 1. The number of hydrogen-bond donors (Lipinski definition) is 2. The molecule has 2 N–H and O–H groups in total. The van der Waals surface area contributed by atoms with E-state index < -0.39 is 11.8 Å². The average molecular weight is 428 g/mol. The van der Waals surface area contributed by atoms with Crippen LogP contribution >= 0.6 is 0 Å². The number of amides is 2. The van der Waals surface area contributed by atoms with Gasteiger partial charge in [0.25, 0.3) is 11.8 Å². The van der Waals surface area contributed by atoms with E-state index in [4.69, 9.17) is 9.47 Å². The summed E-state index contributed by atoms with van der Waals surface area (Å²) < 4.78 is 10.4. The third kappa shape index (κ3) is 6.09. The second-order valence-corrected chi connectivity index (χ2v) is 6.69. The molecule has 32 heavy (non-hydrogen) atoms. The summed E-state index contributed by atoms with van der Waals surface area (Å²) in [5.41, 5.74) is 1.95. The molecule has 162 valence electrons. The van der Waals surface area contributed by atoms with Gasteiger partial charge in [-0.15, -0.1) is 0 Å². The highest BCUT2D eigenvalue weighted by Crippen LogP contribution is 2.18. The molecule has 6 heteroatoms. The van der Waals surface area contributed by atoms with Crippen LogP contribution in [0, 0.1) is 0 Å². The molecule has 0 heterocycles. The highest BCUT2D eigenvalue weighted by atomic mass is 16.5. The Kier molecular flexibility index (Phi) is 7.81. The topological polar surface area (TPSA) is 76.7 Å². The summed E-state index contributed by atoms with van der Waals surface area (Å²) in [5, 5.41) is 5.48. The monoisotopic (exact) mass is 428 g/mol. The molecular formula is C26H24N2O4. The maximum absolute atomic E-state index is 12.9. The van der Waals surface area contributed by atoms with E-state index in [1.807, 2.05) is 36.4 Å². The third-order valence-corrected chi connectivity index (χ3v) is 4.54. The molecule has 6 nitrogen and oxygen atoms in total. The summed E-state index contributed by atoms with van der Waals surface area (Å²) in [5.74, 6) is 0.177. The Labute approximate surface area is 187 Å². The number of carbonyl (C=O) groups is 2. The second kappa shape index (κ2) is 11.2. The van der Waals surface area contributed by atoms with Gasteiger partial charge in [0.2, 0.25) is 0 Å². The van der Waals surface area contributed by atoms with E-state index >= 15 is 0 Å². The first kappa shape index (κ1) is 22.4. The van der Waals surface area contributed by atoms with E-state index in [0.717, 1.165) is 5.56 Å². The van der Waals surface area contributed by atoms with Crippen LogP contribution in [0.3, 0.4) is 0 Å². The standard InChI is InChI=1S/C26H24N2O4/c1-31-21-17-15-20(16-18-21)27-26(30)23(13-8-11-19-9-4-3-5-10-19)28-25(29)22-12-6-7-14-24(22)32-2/h3-18H,1-2H3,(H,27,30)(H,28,29). The van der Waals surface area contributed by atoms with Gasteiger partial charge in [0.05, 0.1) is 19.8 Å². The normalized spacial score (nSPS) is 11.1. The summed E-state index contributed by atoms with van der Waals surface area (Å²) in [6.45, 7) is 0. The zero-order valence-corrected chi connectivity index (χ0v) is 17.9. The van der Waals surface area contributed by atoms with E-state index in [2.05, 4.69) is 10.6 Å². The molecule has 0 atom stereocenters. The molecule has 0 unspecified atom stereocenters. The number of benzene rings is 3. The molecule has 0 radical (unpaired) electrons. The van der Waals surface area contributed by atoms with Crippen LogP contribution in [-0.4, -0.2) is 26.0 Å². The number of hydrogen-bond acceptors (Lipinski definition) is 4. The second-order valence-electron chi connectivity index (χ2n) is 6.69. The minimum Gasteiger partial charge on any atom is -0.497 e. The van der Waals surface area contributed by atoms with E-state index in [-0.39, 0.29) is 5.70 Å². The highest BCUT2D eigenvalue weighted by Gasteiger charge is 2.17. The SMILES string of the molecule is COc1ccc(NC(=O)C(=CC=Cc2ccccc2)NC(=O)c2ccccc2OC)cc1. The van der Waals surface area contributed by atoms with Gasteiger partial charge in [0, 0.05) is 5.69 Å². The van der Waals surface area contributed by atoms with Gasteiger partial charge in [0.15, 0.2) is 0 Å². The average Bonchev–Trinajstić information content (AvgIpc) is 2.84. The van der Waals surface area contributed by atoms with Crippen molar-refractivity contribution >= 4 is 23.6 Å². The summed E-state index contributed by atoms with van der Waals surface area (Å²) in [7, 11) is 3.06. The molecule has 0 bridgehead atoms. The zero-order chi connectivity index (χ0) is 22.8. The predicted molar refractivity (Wildman–Crippen MR) is 126 cm³/mol. The molecule has 0 saturated heterocycles. The van der Waals surface area contributed by atoms with Crippen molar-refractivity contribution in [2.75, 3.05) is 19.5 Å². The highest BCUT2D eigenvalue weighted by molar-refractivity contribution is 6.09. The van der Waals surface area contributed by atoms with Gasteiger partial charge >= 0.3 is 0 Å². The zero-order valence-electron chi connectivity index (χ0n) is 17.9. The Morgan fingerprint density at radius 3 is 2.19 bits per heavy atom. The van der Waals surface area contributed by atoms with Crippen molar-refractivity contribution in [1.82, 2.24) is 5.32 Å². The number of ether oxygens (including phenoxy) is 2. The van der Waals surface area contributed by atoms with Gasteiger partial charge in [-0.1, -0.05) is 54.6 Å². The lowest BCUT2D eigenvalue weighted by Gasteiger charge is -2.12. The fourth-order valence-corrected chi connectivity index (χ4v) is 2.89. The first-order chi connectivity index (χ1) is 15.6. The minimum absolute atomic E-state index is 0.0869. The van der Waals surface area contributed by atoms with Crippen molar-refractivity contribution in [3.63, 3.8) is 0 Å². The lowest BCUT2D eigenvalue weighted by Crippen LogP contribution is -2.31. The number of carbonyl (C=O) groups excluding carboxylic acids is 2. The molecule has 0 aliphatic heterocycles. The van der Waals surface area contributed by atoms with E-state index in [9.17, 15) is 9.59 Å². The Bertz CT molecular complexity index is 1120. The first-order valence-electron chi connectivity index (χ1n) is 9.94. The van der Waals surface area contributed by atoms with Gasteiger partial charge < -0.3 is 20.1 Å². The molecule has 0 aliphatic rings. The molecule has 0 aromatic heterocycles. The van der Waals surface area contributed by atoms with Crippen molar-refractivity contribution < 1.29 is 19.1 Å². The van der Waals surface area contributed by atoms with Crippen molar-refractivity contribution in [1.29, 1.82) is 0 Å². The Hall–Kier alpha value is -4.32. The summed E-state index contributed by atoms with van der Waals surface area (Å²) in [6.07, 6.45) is 5.11. The van der Waals surface area contributed by atoms with Gasteiger partial charge in [-0.2, -0.15) is 0 Å². The number of methoxy groups -OCH3 is 2. The van der Waals surface area contributed by atoms with Crippen LogP contribution < -0.4 is 20.1 Å². The van der Waals surface area contributed by atoms with E-state index in [0.29, 0.717) is 22.7 Å². The molecule has 3 rings (SSSR count). The summed E-state index contributed by atoms with van der Waals surface area (Å²) >= 11 is 0. The van der Waals surface area contributed by atoms with Crippen LogP contribution in [0.25, 0.3) is 6.08 Å². The van der Waals surface area contributed by atoms with Crippen LogP contribution in [0.2, 0.25) is 0 Å². The smallest absolute Gasteiger partial charge is 0.272 e. The van der Waals surface area contributed by atoms with Crippen LogP contribution in [0.1, 0.15) is 15.9 Å². The maximum Gasteiger partial charge on any atom is 0.272 e.